The summed E-state index contributed by atoms with van der Waals surface area (Å²) in [7, 11) is 2.13. The van der Waals surface area contributed by atoms with Gasteiger partial charge in [-0.1, -0.05) is 62.8 Å². The molecule has 0 aliphatic heterocycles. The van der Waals surface area contributed by atoms with Gasteiger partial charge in [0, 0.05) is 6.04 Å². The lowest BCUT2D eigenvalue weighted by molar-refractivity contribution is 0.305. The first-order valence-electron chi connectivity index (χ1n) is 8.64. The topological polar surface area (TPSA) is 12.0 Å². The zero-order chi connectivity index (χ0) is 13.8. The third-order valence-electron chi connectivity index (χ3n) is 5.53. The predicted molar refractivity (Wildman–Crippen MR) is 86.0 cm³/mol. The molecule has 20 heavy (non-hydrogen) atoms. The minimum Gasteiger partial charge on any atom is -0.313 e. The molecule has 2 saturated carbocycles. The van der Waals surface area contributed by atoms with Gasteiger partial charge in [0.15, 0.2) is 0 Å². The van der Waals surface area contributed by atoms with Gasteiger partial charge < -0.3 is 5.32 Å². The van der Waals surface area contributed by atoms with E-state index in [1.165, 1.54) is 63.4 Å². The second-order valence-corrected chi connectivity index (χ2v) is 6.88. The summed E-state index contributed by atoms with van der Waals surface area (Å²) >= 11 is 0. The molecule has 2 aliphatic rings. The average molecular weight is 271 g/mol. The highest BCUT2D eigenvalue weighted by Crippen LogP contribution is 2.38. The van der Waals surface area contributed by atoms with E-state index >= 15 is 0 Å². The Morgan fingerprint density at radius 3 is 2.50 bits per heavy atom. The summed E-state index contributed by atoms with van der Waals surface area (Å²) in [4.78, 5) is 0. The SMILES string of the molecule is CNC(CC1CCCCC1)c1cccc(C2CCC2)c1. The van der Waals surface area contributed by atoms with Crippen molar-refractivity contribution in [1.29, 1.82) is 0 Å². The van der Waals surface area contributed by atoms with Crippen LogP contribution in [-0.2, 0) is 0 Å². The van der Waals surface area contributed by atoms with E-state index in [9.17, 15) is 0 Å². The zero-order valence-electron chi connectivity index (χ0n) is 12.9. The maximum Gasteiger partial charge on any atom is 0.0320 e. The van der Waals surface area contributed by atoms with Gasteiger partial charge in [-0.3, -0.25) is 0 Å². The van der Waals surface area contributed by atoms with Crippen LogP contribution in [0.4, 0.5) is 0 Å². The van der Waals surface area contributed by atoms with Crippen molar-refractivity contribution >= 4 is 0 Å². The van der Waals surface area contributed by atoms with E-state index in [0.29, 0.717) is 6.04 Å². The van der Waals surface area contributed by atoms with Crippen LogP contribution in [0.15, 0.2) is 24.3 Å². The quantitative estimate of drug-likeness (QED) is 0.777. The minimum atomic E-state index is 0.554. The molecule has 0 saturated heterocycles. The number of hydrogen-bond donors (Lipinski definition) is 1. The van der Waals surface area contributed by atoms with Crippen LogP contribution in [0.2, 0.25) is 0 Å². The van der Waals surface area contributed by atoms with Gasteiger partial charge in [-0.2, -0.15) is 0 Å². The molecule has 0 radical (unpaired) electrons. The van der Waals surface area contributed by atoms with Crippen molar-refractivity contribution in [3.8, 4) is 0 Å². The highest BCUT2D eigenvalue weighted by Gasteiger charge is 2.22. The summed E-state index contributed by atoms with van der Waals surface area (Å²) < 4.78 is 0. The fraction of sp³-hybridized carbons (Fsp3) is 0.684. The van der Waals surface area contributed by atoms with Gasteiger partial charge in [0.05, 0.1) is 0 Å². The smallest absolute Gasteiger partial charge is 0.0320 e. The highest BCUT2D eigenvalue weighted by molar-refractivity contribution is 5.29. The second-order valence-electron chi connectivity index (χ2n) is 6.88. The number of rotatable bonds is 5. The summed E-state index contributed by atoms with van der Waals surface area (Å²) in [5, 5.41) is 3.57. The molecule has 1 N–H and O–H groups in total. The monoisotopic (exact) mass is 271 g/mol. The molecule has 0 spiro atoms. The lowest BCUT2D eigenvalue weighted by atomic mass is 9.78. The maximum atomic E-state index is 3.57. The molecule has 1 atom stereocenters. The van der Waals surface area contributed by atoms with Crippen LogP contribution in [0.1, 0.15) is 80.9 Å². The molecule has 0 bridgehead atoms. The predicted octanol–water partition coefficient (Wildman–Crippen LogP) is 5.19. The Bertz CT molecular complexity index is 416. The lowest BCUT2D eigenvalue weighted by Crippen LogP contribution is -2.21. The van der Waals surface area contributed by atoms with E-state index in [4.69, 9.17) is 0 Å². The fourth-order valence-corrected chi connectivity index (χ4v) is 3.95. The van der Waals surface area contributed by atoms with Gasteiger partial charge in [-0.05, 0) is 49.3 Å². The van der Waals surface area contributed by atoms with E-state index < -0.39 is 0 Å². The van der Waals surface area contributed by atoms with Crippen LogP contribution in [0.5, 0.6) is 0 Å². The molecule has 1 aromatic carbocycles. The molecule has 1 unspecified atom stereocenters. The van der Waals surface area contributed by atoms with Crippen molar-refractivity contribution in [2.75, 3.05) is 7.05 Å². The summed E-state index contributed by atoms with van der Waals surface area (Å²) in [6, 6.07) is 9.97. The van der Waals surface area contributed by atoms with Crippen LogP contribution >= 0.6 is 0 Å². The van der Waals surface area contributed by atoms with Crippen LogP contribution < -0.4 is 5.32 Å². The van der Waals surface area contributed by atoms with Crippen molar-refractivity contribution < 1.29 is 0 Å². The van der Waals surface area contributed by atoms with E-state index in [-0.39, 0.29) is 0 Å². The highest BCUT2D eigenvalue weighted by atomic mass is 14.9. The van der Waals surface area contributed by atoms with Crippen LogP contribution in [-0.4, -0.2) is 7.05 Å². The normalized spacial score (nSPS) is 22.4. The summed E-state index contributed by atoms with van der Waals surface area (Å²) in [5.41, 5.74) is 3.10. The second kappa shape index (κ2) is 6.76. The average Bonchev–Trinajstić information content (AvgIpc) is 2.44. The minimum absolute atomic E-state index is 0.554. The Kier molecular flexibility index (Phi) is 4.77. The Balaban J connectivity index is 1.67. The van der Waals surface area contributed by atoms with E-state index in [1.807, 2.05) is 0 Å². The molecule has 1 heteroatoms. The zero-order valence-corrected chi connectivity index (χ0v) is 12.9. The molecule has 3 rings (SSSR count). The Hall–Kier alpha value is -0.820. The van der Waals surface area contributed by atoms with E-state index in [1.54, 1.807) is 5.56 Å². The molecule has 0 amide bonds. The Morgan fingerprint density at radius 2 is 1.85 bits per heavy atom. The van der Waals surface area contributed by atoms with E-state index in [0.717, 1.165) is 11.8 Å². The first kappa shape index (κ1) is 14.1. The van der Waals surface area contributed by atoms with Crippen molar-refractivity contribution in [3.63, 3.8) is 0 Å². The number of hydrogen-bond acceptors (Lipinski definition) is 1. The van der Waals surface area contributed by atoms with E-state index in [2.05, 4.69) is 36.6 Å². The van der Waals surface area contributed by atoms with Crippen LogP contribution in [0.3, 0.4) is 0 Å². The number of nitrogens with one attached hydrogen (secondary N) is 1. The Labute approximate surface area is 124 Å². The fourth-order valence-electron chi connectivity index (χ4n) is 3.95. The third kappa shape index (κ3) is 3.25. The van der Waals surface area contributed by atoms with Crippen molar-refractivity contribution in [3.05, 3.63) is 35.4 Å². The van der Waals surface area contributed by atoms with Gasteiger partial charge in [0.2, 0.25) is 0 Å². The van der Waals surface area contributed by atoms with Gasteiger partial charge >= 0.3 is 0 Å². The number of benzene rings is 1. The third-order valence-corrected chi connectivity index (χ3v) is 5.53. The molecule has 1 nitrogen and oxygen atoms in total. The molecular formula is C19H29N. The summed E-state index contributed by atoms with van der Waals surface area (Å²) in [6.07, 6.45) is 12.8. The van der Waals surface area contributed by atoms with Crippen molar-refractivity contribution in [2.24, 2.45) is 5.92 Å². The standard InChI is InChI=1S/C19H29N/c1-20-19(13-15-7-3-2-4-8-15)18-12-6-11-17(14-18)16-9-5-10-16/h6,11-12,14-16,19-20H,2-5,7-10,13H2,1H3. The van der Waals surface area contributed by atoms with Gasteiger partial charge in [-0.15, -0.1) is 0 Å². The van der Waals surface area contributed by atoms with Crippen LogP contribution in [0, 0.1) is 5.92 Å². The first-order valence-corrected chi connectivity index (χ1v) is 8.64. The lowest BCUT2D eigenvalue weighted by Gasteiger charge is -2.29. The van der Waals surface area contributed by atoms with Crippen molar-refractivity contribution in [2.45, 2.75) is 69.7 Å². The summed E-state index contributed by atoms with van der Waals surface area (Å²) in [5.74, 6) is 1.79. The molecule has 2 aliphatic carbocycles. The molecule has 110 valence electrons. The summed E-state index contributed by atoms with van der Waals surface area (Å²) in [6.45, 7) is 0. The molecule has 0 aromatic heterocycles. The van der Waals surface area contributed by atoms with Gasteiger partial charge in [-0.25, -0.2) is 0 Å². The molecule has 2 fully saturated rings. The Morgan fingerprint density at radius 1 is 1.05 bits per heavy atom. The largest absolute Gasteiger partial charge is 0.313 e. The maximum absolute atomic E-state index is 3.57. The first-order chi connectivity index (χ1) is 9.86. The molecular weight excluding hydrogens is 242 g/mol. The van der Waals surface area contributed by atoms with Crippen molar-refractivity contribution in [1.82, 2.24) is 5.32 Å². The molecule has 0 heterocycles. The van der Waals surface area contributed by atoms with Crippen LogP contribution in [0.25, 0.3) is 0 Å². The van der Waals surface area contributed by atoms with Gasteiger partial charge in [0.25, 0.3) is 0 Å². The van der Waals surface area contributed by atoms with Gasteiger partial charge in [0.1, 0.15) is 0 Å². The molecule has 1 aromatic rings.